The molecule has 1 aliphatic rings. The molecule has 2 aromatic heterocycles. The van der Waals surface area contributed by atoms with Gasteiger partial charge in [0.15, 0.2) is 0 Å². The van der Waals surface area contributed by atoms with Crippen molar-refractivity contribution in [3.05, 3.63) is 46.4 Å². The van der Waals surface area contributed by atoms with Crippen molar-refractivity contribution >= 4 is 29.0 Å². The first kappa shape index (κ1) is 16.4. The molecule has 3 rings (SSSR count). The van der Waals surface area contributed by atoms with E-state index in [0.29, 0.717) is 12.2 Å². The summed E-state index contributed by atoms with van der Waals surface area (Å²) in [4.78, 5) is 31.2. The number of aryl methyl sites for hydroxylation is 1. The van der Waals surface area contributed by atoms with Gasteiger partial charge < -0.3 is 15.5 Å². The summed E-state index contributed by atoms with van der Waals surface area (Å²) in [5.74, 6) is 0.0413. The monoisotopic (exact) mass is 344 g/mol. The first-order valence-electron chi connectivity index (χ1n) is 7.95. The van der Waals surface area contributed by atoms with Crippen LogP contribution in [0.15, 0.2) is 35.8 Å². The second kappa shape index (κ2) is 7.44. The summed E-state index contributed by atoms with van der Waals surface area (Å²) in [5.41, 5.74) is 1.55. The van der Waals surface area contributed by atoms with Crippen LogP contribution in [0.1, 0.15) is 28.2 Å². The molecule has 24 heavy (non-hydrogen) atoms. The number of hydrogen-bond donors (Lipinski definition) is 2. The van der Waals surface area contributed by atoms with E-state index in [-0.39, 0.29) is 18.0 Å². The Morgan fingerprint density at radius 1 is 1.33 bits per heavy atom. The van der Waals surface area contributed by atoms with Crippen molar-refractivity contribution in [3.63, 3.8) is 0 Å². The summed E-state index contributed by atoms with van der Waals surface area (Å²) in [6.45, 7) is 3.17. The quantitative estimate of drug-likeness (QED) is 0.899. The standard InChI is InChI=1S/C17H20N4O2S/c1-12-6-7-13(10-18-12)19-17(23)20-14-4-2-8-21(11-14)16(22)15-5-3-9-24-15/h3,5-7,9-10,14H,2,4,8,11H2,1H3,(H2,19,20,23). The van der Waals surface area contributed by atoms with Gasteiger partial charge in [-0.25, -0.2) is 4.79 Å². The van der Waals surface area contributed by atoms with Gasteiger partial charge in [-0.05, 0) is 43.3 Å². The van der Waals surface area contributed by atoms with Crippen molar-refractivity contribution in [2.75, 3.05) is 18.4 Å². The van der Waals surface area contributed by atoms with E-state index in [1.165, 1.54) is 11.3 Å². The zero-order valence-corrected chi connectivity index (χ0v) is 14.3. The molecule has 1 aliphatic heterocycles. The molecule has 0 radical (unpaired) electrons. The number of pyridine rings is 1. The maximum atomic E-state index is 12.4. The maximum Gasteiger partial charge on any atom is 0.319 e. The average molecular weight is 344 g/mol. The third kappa shape index (κ3) is 4.11. The number of nitrogens with one attached hydrogen (secondary N) is 2. The fourth-order valence-electron chi connectivity index (χ4n) is 2.73. The average Bonchev–Trinajstić information content (AvgIpc) is 3.11. The van der Waals surface area contributed by atoms with Crippen LogP contribution >= 0.6 is 11.3 Å². The van der Waals surface area contributed by atoms with Crippen LogP contribution < -0.4 is 10.6 Å². The highest BCUT2D eigenvalue weighted by atomic mass is 32.1. The zero-order valence-electron chi connectivity index (χ0n) is 13.5. The molecule has 0 saturated carbocycles. The minimum Gasteiger partial charge on any atom is -0.336 e. The van der Waals surface area contributed by atoms with Crippen molar-refractivity contribution in [1.82, 2.24) is 15.2 Å². The van der Waals surface area contributed by atoms with Gasteiger partial charge in [0.05, 0.1) is 16.8 Å². The number of urea groups is 1. The van der Waals surface area contributed by atoms with Crippen LogP contribution in [0.2, 0.25) is 0 Å². The molecular formula is C17H20N4O2S. The third-order valence-corrected chi connectivity index (χ3v) is 4.80. The number of anilines is 1. The molecule has 2 aromatic rings. The van der Waals surface area contributed by atoms with Gasteiger partial charge in [-0.3, -0.25) is 9.78 Å². The molecule has 1 fully saturated rings. The van der Waals surface area contributed by atoms with Crippen molar-refractivity contribution < 1.29 is 9.59 Å². The molecule has 0 aromatic carbocycles. The number of amides is 3. The Hall–Kier alpha value is -2.41. The van der Waals surface area contributed by atoms with Gasteiger partial charge in [0.2, 0.25) is 0 Å². The second-order valence-corrected chi connectivity index (χ2v) is 6.80. The summed E-state index contributed by atoms with van der Waals surface area (Å²) < 4.78 is 0. The summed E-state index contributed by atoms with van der Waals surface area (Å²) in [5, 5.41) is 7.62. The van der Waals surface area contributed by atoms with Crippen LogP contribution in [0, 0.1) is 6.92 Å². The predicted octanol–water partition coefficient (Wildman–Crippen LogP) is 2.88. The smallest absolute Gasteiger partial charge is 0.319 e. The number of thiophene rings is 1. The first-order chi connectivity index (χ1) is 11.6. The van der Waals surface area contributed by atoms with E-state index in [1.807, 2.05) is 41.5 Å². The second-order valence-electron chi connectivity index (χ2n) is 5.85. The molecule has 1 saturated heterocycles. The fraction of sp³-hybridized carbons (Fsp3) is 0.353. The van der Waals surface area contributed by atoms with Crippen molar-refractivity contribution in [2.24, 2.45) is 0 Å². The van der Waals surface area contributed by atoms with E-state index >= 15 is 0 Å². The molecule has 7 heteroatoms. The van der Waals surface area contributed by atoms with Gasteiger partial charge in [0, 0.05) is 24.8 Å². The van der Waals surface area contributed by atoms with E-state index in [9.17, 15) is 9.59 Å². The van der Waals surface area contributed by atoms with Crippen LogP contribution in [0.5, 0.6) is 0 Å². The molecular weight excluding hydrogens is 324 g/mol. The number of rotatable bonds is 3. The lowest BCUT2D eigenvalue weighted by Crippen LogP contribution is -2.50. The van der Waals surface area contributed by atoms with E-state index < -0.39 is 0 Å². The lowest BCUT2D eigenvalue weighted by Gasteiger charge is -2.32. The van der Waals surface area contributed by atoms with Gasteiger partial charge in [0.1, 0.15) is 0 Å². The summed E-state index contributed by atoms with van der Waals surface area (Å²) in [6.07, 6.45) is 3.38. The summed E-state index contributed by atoms with van der Waals surface area (Å²) in [6, 6.07) is 7.06. The first-order valence-corrected chi connectivity index (χ1v) is 8.83. The highest BCUT2D eigenvalue weighted by Gasteiger charge is 2.25. The molecule has 0 bridgehead atoms. The predicted molar refractivity (Wildman–Crippen MR) is 94.4 cm³/mol. The lowest BCUT2D eigenvalue weighted by molar-refractivity contribution is 0.0703. The summed E-state index contributed by atoms with van der Waals surface area (Å²) >= 11 is 1.44. The Labute approximate surface area is 144 Å². The molecule has 1 unspecified atom stereocenters. The third-order valence-electron chi connectivity index (χ3n) is 3.95. The molecule has 3 heterocycles. The number of aromatic nitrogens is 1. The highest BCUT2D eigenvalue weighted by Crippen LogP contribution is 2.17. The Balaban J connectivity index is 1.54. The SMILES string of the molecule is Cc1ccc(NC(=O)NC2CCCN(C(=O)c3cccs3)C2)cn1. The number of carbonyl (C=O) groups is 2. The lowest BCUT2D eigenvalue weighted by atomic mass is 10.1. The Kier molecular flexibility index (Phi) is 5.10. The summed E-state index contributed by atoms with van der Waals surface area (Å²) in [7, 11) is 0. The van der Waals surface area contributed by atoms with Crippen molar-refractivity contribution in [2.45, 2.75) is 25.8 Å². The van der Waals surface area contributed by atoms with E-state index in [0.717, 1.165) is 30.0 Å². The number of piperidine rings is 1. The van der Waals surface area contributed by atoms with Crippen LogP contribution in [-0.2, 0) is 0 Å². The van der Waals surface area contributed by atoms with Crippen LogP contribution in [0.25, 0.3) is 0 Å². The van der Waals surface area contributed by atoms with Gasteiger partial charge in [-0.1, -0.05) is 6.07 Å². The van der Waals surface area contributed by atoms with Gasteiger partial charge in [0.25, 0.3) is 5.91 Å². The number of likely N-dealkylation sites (tertiary alicyclic amines) is 1. The maximum absolute atomic E-state index is 12.4. The number of carbonyl (C=O) groups excluding carboxylic acids is 2. The Morgan fingerprint density at radius 3 is 2.92 bits per heavy atom. The van der Waals surface area contributed by atoms with Gasteiger partial charge in [-0.2, -0.15) is 0 Å². The van der Waals surface area contributed by atoms with Gasteiger partial charge >= 0.3 is 6.03 Å². The molecule has 0 spiro atoms. The topological polar surface area (TPSA) is 74.3 Å². The largest absolute Gasteiger partial charge is 0.336 e. The zero-order chi connectivity index (χ0) is 16.9. The molecule has 3 amide bonds. The van der Waals surface area contributed by atoms with Crippen LogP contribution in [-0.4, -0.2) is 41.0 Å². The number of nitrogens with zero attached hydrogens (tertiary/aromatic N) is 2. The Morgan fingerprint density at radius 2 is 2.21 bits per heavy atom. The minimum atomic E-state index is -0.268. The fourth-order valence-corrected chi connectivity index (χ4v) is 3.42. The van der Waals surface area contributed by atoms with Crippen molar-refractivity contribution in [1.29, 1.82) is 0 Å². The molecule has 6 nitrogen and oxygen atoms in total. The molecule has 1 atom stereocenters. The highest BCUT2D eigenvalue weighted by molar-refractivity contribution is 7.12. The molecule has 126 valence electrons. The Bertz CT molecular complexity index is 700. The van der Waals surface area contributed by atoms with Crippen LogP contribution in [0.4, 0.5) is 10.5 Å². The number of hydrogen-bond acceptors (Lipinski definition) is 4. The van der Waals surface area contributed by atoms with Crippen LogP contribution in [0.3, 0.4) is 0 Å². The molecule has 0 aliphatic carbocycles. The minimum absolute atomic E-state index is 0.0407. The van der Waals surface area contributed by atoms with E-state index in [4.69, 9.17) is 0 Å². The van der Waals surface area contributed by atoms with Gasteiger partial charge in [-0.15, -0.1) is 11.3 Å². The molecule has 2 N–H and O–H groups in total. The normalized spacial score (nSPS) is 17.4. The van der Waals surface area contributed by atoms with Crippen molar-refractivity contribution in [3.8, 4) is 0 Å². The van der Waals surface area contributed by atoms with E-state index in [1.54, 1.807) is 6.20 Å². The van der Waals surface area contributed by atoms with E-state index in [2.05, 4.69) is 15.6 Å².